The molecule has 0 saturated heterocycles. The van der Waals surface area contributed by atoms with Gasteiger partial charge in [-0.25, -0.2) is 0 Å². The third kappa shape index (κ3) is 6.92. The summed E-state index contributed by atoms with van der Waals surface area (Å²) in [6.07, 6.45) is 0. The van der Waals surface area contributed by atoms with E-state index in [2.05, 4.69) is 96.5 Å². The highest BCUT2D eigenvalue weighted by Gasteiger charge is 2.36. The lowest BCUT2D eigenvalue weighted by Gasteiger charge is -2.36. The van der Waals surface area contributed by atoms with Crippen LogP contribution in [0.2, 0.25) is 39.3 Å². The average Bonchev–Trinajstić information content (AvgIpc) is 2.69. The predicted molar refractivity (Wildman–Crippen MR) is 150 cm³/mol. The number of hydrogen-bond acceptors (Lipinski definition) is 4. The van der Waals surface area contributed by atoms with E-state index >= 15 is 0 Å². The Labute approximate surface area is 204 Å². The van der Waals surface area contributed by atoms with Crippen molar-refractivity contribution in [3.63, 3.8) is 0 Å². The van der Waals surface area contributed by atoms with Crippen LogP contribution in [0.1, 0.15) is 20.8 Å². The first-order valence-corrected chi connectivity index (χ1v) is 19.9. The Morgan fingerprint density at radius 2 is 1.03 bits per heavy atom. The van der Waals surface area contributed by atoms with E-state index in [0.717, 1.165) is 11.5 Å². The number of para-hydroxylation sites is 2. The molecule has 0 aliphatic carbocycles. The van der Waals surface area contributed by atoms with Crippen LogP contribution in [0.15, 0.2) is 36.4 Å². The van der Waals surface area contributed by atoms with Gasteiger partial charge in [-0.05, 0) is 23.5 Å². The Morgan fingerprint density at radius 1 is 0.667 bits per heavy atom. The van der Waals surface area contributed by atoms with Gasteiger partial charge in [-0.15, -0.1) is 0 Å². The van der Waals surface area contributed by atoms with E-state index in [0.29, 0.717) is 0 Å². The van der Waals surface area contributed by atoms with E-state index in [1.54, 1.807) is 14.2 Å². The molecule has 2 rings (SSSR count). The van der Waals surface area contributed by atoms with Crippen LogP contribution in [0.3, 0.4) is 0 Å². The van der Waals surface area contributed by atoms with Crippen molar-refractivity contribution in [2.45, 2.75) is 65.2 Å². The summed E-state index contributed by atoms with van der Waals surface area (Å²) in [7, 11) is -0.764. The van der Waals surface area contributed by atoms with Gasteiger partial charge in [0.15, 0.2) is 13.6 Å². The molecule has 0 spiro atoms. The van der Waals surface area contributed by atoms with E-state index < -0.39 is 24.1 Å². The Bertz CT molecular complexity index is 858. The van der Waals surface area contributed by atoms with Crippen LogP contribution in [0.5, 0.6) is 11.5 Å². The van der Waals surface area contributed by atoms with Crippen molar-refractivity contribution in [3.8, 4) is 11.5 Å². The second-order valence-corrected chi connectivity index (χ2v) is 24.5. The Balaban J connectivity index is 2.89. The minimum Gasteiger partial charge on any atom is -0.467 e. The lowest BCUT2D eigenvalue weighted by atomic mass is 10.2. The van der Waals surface area contributed by atoms with E-state index in [9.17, 15) is 0 Å². The predicted octanol–water partition coefficient (Wildman–Crippen LogP) is 4.97. The molecule has 7 heteroatoms. The van der Waals surface area contributed by atoms with Gasteiger partial charge in [0.25, 0.3) is 0 Å². The minimum atomic E-state index is -1.66. The molecular weight excluding hydrogens is 463 g/mol. The first-order chi connectivity index (χ1) is 15.2. The molecule has 33 heavy (non-hydrogen) atoms. The molecule has 0 aromatic heterocycles. The molecule has 4 nitrogen and oxygen atoms in total. The van der Waals surface area contributed by atoms with Gasteiger partial charge in [-0.1, -0.05) is 96.5 Å². The maximum absolute atomic E-state index is 6.33. The van der Waals surface area contributed by atoms with E-state index in [1.165, 1.54) is 21.0 Å². The number of ether oxygens (including phenoxy) is 4. The highest BCUT2D eigenvalue weighted by molar-refractivity contribution is 7.74. The molecule has 0 radical (unpaired) electrons. The quantitative estimate of drug-likeness (QED) is 0.259. The molecule has 0 saturated carbocycles. The number of methoxy groups -OCH3 is 2. The summed E-state index contributed by atoms with van der Waals surface area (Å²) in [5, 5.41) is 5.15. The maximum Gasteiger partial charge on any atom is 0.188 e. The summed E-state index contributed by atoms with van der Waals surface area (Å²) in [6, 6.07) is 13.3. The summed E-state index contributed by atoms with van der Waals surface area (Å²) in [4.78, 5) is 0. The topological polar surface area (TPSA) is 36.9 Å². The fourth-order valence-electron chi connectivity index (χ4n) is 3.97. The molecule has 0 unspecified atom stereocenters. The highest BCUT2D eigenvalue weighted by Crippen LogP contribution is 2.51. The van der Waals surface area contributed by atoms with Crippen LogP contribution in [0.4, 0.5) is 0 Å². The second-order valence-electron chi connectivity index (χ2n) is 11.4. The van der Waals surface area contributed by atoms with Crippen molar-refractivity contribution in [2.24, 2.45) is 0 Å². The Kier molecular flexibility index (Phi) is 9.39. The van der Waals surface area contributed by atoms with E-state index in [-0.39, 0.29) is 18.7 Å². The molecule has 0 fully saturated rings. The highest BCUT2D eigenvalue weighted by atomic mass is 31.1. The summed E-state index contributed by atoms with van der Waals surface area (Å²) < 4.78 is 23.4. The van der Waals surface area contributed by atoms with Crippen molar-refractivity contribution >= 4 is 45.1 Å². The average molecular weight is 507 g/mol. The van der Waals surface area contributed by atoms with Crippen LogP contribution in [0.25, 0.3) is 0 Å². The van der Waals surface area contributed by atoms with Gasteiger partial charge in [-0.2, -0.15) is 0 Å². The van der Waals surface area contributed by atoms with Gasteiger partial charge < -0.3 is 18.9 Å². The zero-order chi connectivity index (χ0) is 25.0. The SMILES string of the molecule is COCOc1c(P(c2cccc([Si](C)(C)C)c2OCOC)C(C)(C)C)cccc1[Si](C)(C)C. The van der Waals surface area contributed by atoms with Crippen LogP contribution in [0, 0.1) is 0 Å². The van der Waals surface area contributed by atoms with Crippen LogP contribution < -0.4 is 30.5 Å². The first-order valence-electron chi connectivity index (χ1n) is 11.5. The molecule has 0 bridgehead atoms. The van der Waals surface area contributed by atoms with Crippen molar-refractivity contribution in [1.29, 1.82) is 0 Å². The molecule has 0 N–H and O–H groups in total. The van der Waals surface area contributed by atoms with Crippen molar-refractivity contribution in [3.05, 3.63) is 36.4 Å². The van der Waals surface area contributed by atoms with Gasteiger partial charge in [0, 0.05) is 24.8 Å². The standard InChI is InChI=1S/C26H43O4PSi2/c1-26(2,3)31(20-14-12-16-22(32(6,7)8)24(20)29-18-27-4)21-15-13-17-23(33(9,10)11)25(21)30-19-28-5/h12-17H,18-19H2,1-11H3. The zero-order valence-electron chi connectivity index (χ0n) is 22.5. The maximum atomic E-state index is 6.33. The second kappa shape index (κ2) is 11.0. The third-order valence-corrected chi connectivity index (χ3v) is 12.4. The van der Waals surface area contributed by atoms with Gasteiger partial charge in [0.1, 0.15) is 11.5 Å². The molecule has 2 aromatic carbocycles. The molecule has 0 heterocycles. The van der Waals surface area contributed by atoms with Crippen LogP contribution >= 0.6 is 7.92 Å². The van der Waals surface area contributed by atoms with E-state index in [1.807, 2.05) is 0 Å². The monoisotopic (exact) mass is 506 g/mol. The zero-order valence-corrected chi connectivity index (χ0v) is 25.4. The fourth-order valence-corrected chi connectivity index (χ4v) is 10.1. The molecule has 0 atom stereocenters. The first kappa shape index (κ1) is 28.1. The fraction of sp³-hybridized carbons (Fsp3) is 0.538. The van der Waals surface area contributed by atoms with Gasteiger partial charge >= 0.3 is 0 Å². The molecule has 0 aliphatic rings. The molecule has 2 aromatic rings. The number of rotatable bonds is 10. The summed E-state index contributed by atoms with van der Waals surface area (Å²) >= 11 is 0. The molecular formula is C26H43O4PSi2. The smallest absolute Gasteiger partial charge is 0.188 e. The van der Waals surface area contributed by atoms with Crippen LogP contribution in [-0.4, -0.2) is 49.1 Å². The van der Waals surface area contributed by atoms with Crippen molar-refractivity contribution < 1.29 is 18.9 Å². The number of benzene rings is 2. The molecule has 0 amide bonds. The number of hydrogen-bond donors (Lipinski definition) is 0. The van der Waals surface area contributed by atoms with Gasteiger partial charge in [0.05, 0.1) is 16.1 Å². The lowest BCUT2D eigenvalue weighted by Crippen LogP contribution is -2.43. The summed E-state index contributed by atoms with van der Waals surface area (Å²) in [5.74, 6) is 1.99. The normalized spacial score (nSPS) is 12.8. The molecule has 184 valence electrons. The lowest BCUT2D eigenvalue weighted by molar-refractivity contribution is 0.0525. The molecule has 0 aliphatic heterocycles. The largest absolute Gasteiger partial charge is 0.467 e. The van der Waals surface area contributed by atoms with Gasteiger partial charge in [-0.3, -0.25) is 0 Å². The minimum absolute atomic E-state index is 0.0121. The summed E-state index contributed by atoms with van der Waals surface area (Å²) in [5.41, 5.74) is 0. The summed E-state index contributed by atoms with van der Waals surface area (Å²) in [6.45, 7) is 21.6. The van der Waals surface area contributed by atoms with Crippen molar-refractivity contribution in [1.82, 2.24) is 0 Å². The third-order valence-electron chi connectivity index (χ3n) is 5.40. The van der Waals surface area contributed by atoms with E-state index in [4.69, 9.17) is 18.9 Å². The Morgan fingerprint density at radius 3 is 1.30 bits per heavy atom. The van der Waals surface area contributed by atoms with Crippen LogP contribution in [-0.2, 0) is 9.47 Å². The Hall–Kier alpha value is -1.18. The van der Waals surface area contributed by atoms with Crippen molar-refractivity contribution in [2.75, 3.05) is 27.8 Å². The van der Waals surface area contributed by atoms with Gasteiger partial charge in [0.2, 0.25) is 0 Å².